The molecule has 68 valence electrons. The molecule has 0 spiro atoms. The second-order valence-electron chi connectivity index (χ2n) is 2.99. The van der Waals surface area contributed by atoms with Crippen LogP contribution in [0, 0.1) is 0 Å². The van der Waals surface area contributed by atoms with Crippen molar-refractivity contribution in [3.63, 3.8) is 0 Å². The first-order valence-corrected chi connectivity index (χ1v) is 4.01. The zero-order chi connectivity index (χ0) is 9.31. The van der Waals surface area contributed by atoms with Gasteiger partial charge < -0.3 is 5.11 Å². The van der Waals surface area contributed by atoms with Crippen molar-refractivity contribution < 1.29 is 9.50 Å². The Balaban J connectivity index is 2.62. The number of fused-ring (bicyclic) bond motifs is 1. The van der Waals surface area contributed by atoms with Gasteiger partial charge in [0, 0.05) is 0 Å². The van der Waals surface area contributed by atoms with Gasteiger partial charge in [-0.2, -0.15) is 0 Å². The van der Waals surface area contributed by atoms with E-state index < -0.39 is 18.9 Å². The van der Waals surface area contributed by atoms with Crippen molar-refractivity contribution in [2.75, 3.05) is 13.3 Å². The Bertz CT molecular complexity index is 388. The van der Waals surface area contributed by atoms with Crippen LogP contribution in [0.3, 0.4) is 0 Å². The molecule has 0 saturated heterocycles. The summed E-state index contributed by atoms with van der Waals surface area (Å²) >= 11 is 0. The third-order valence-electron chi connectivity index (χ3n) is 2.01. The summed E-state index contributed by atoms with van der Waals surface area (Å²) in [5, 5.41) is 10.3. The number of para-hydroxylation sites is 2. The molecule has 0 aromatic heterocycles. The normalized spacial score (nSPS) is 17.4. The van der Waals surface area contributed by atoms with Crippen molar-refractivity contribution in [1.29, 1.82) is 0 Å². The van der Waals surface area contributed by atoms with Gasteiger partial charge in [0.25, 0.3) is 0 Å². The van der Waals surface area contributed by atoms with E-state index in [0.29, 0.717) is 10.7 Å². The third-order valence-corrected chi connectivity index (χ3v) is 2.01. The molecule has 4 heteroatoms. The fourth-order valence-electron chi connectivity index (χ4n) is 1.30. The van der Waals surface area contributed by atoms with Crippen molar-refractivity contribution in [1.82, 2.24) is 0 Å². The Labute approximate surface area is 74.3 Å². The Kier molecular flexibility index (Phi) is 1.84. The molecule has 0 atom stereocenters. The highest BCUT2D eigenvalue weighted by Crippen LogP contribution is 2.13. The van der Waals surface area contributed by atoms with Gasteiger partial charge in [0.15, 0.2) is 0 Å². The third kappa shape index (κ3) is 1.23. The van der Waals surface area contributed by atoms with E-state index in [0.717, 1.165) is 0 Å². The first kappa shape index (κ1) is 8.31. The number of aliphatic hydroxyl groups is 1. The lowest BCUT2D eigenvalue weighted by Crippen LogP contribution is -2.30. The second-order valence-corrected chi connectivity index (χ2v) is 2.99. The average Bonchev–Trinajstić information content (AvgIpc) is 2.57. The lowest BCUT2D eigenvalue weighted by Gasteiger charge is -2.14. The molecule has 0 saturated carbocycles. The van der Waals surface area contributed by atoms with E-state index >= 15 is 0 Å². The Morgan fingerprint density at radius 3 is 2.15 bits per heavy atom. The van der Waals surface area contributed by atoms with E-state index in [4.69, 9.17) is 5.11 Å². The topological polar surface area (TPSA) is 45.0 Å². The number of hydrogen-bond donors (Lipinski definition) is 1. The van der Waals surface area contributed by atoms with Crippen LogP contribution in [0.2, 0.25) is 0 Å². The number of nitrogens with zero attached hydrogens (tertiary/aromatic N) is 2. The monoisotopic (exact) mass is 180 g/mol. The summed E-state index contributed by atoms with van der Waals surface area (Å²) in [5.74, 6) is 0. The van der Waals surface area contributed by atoms with Crippen LogP contribution in [0.25, 0.3) is 0 Å². The lowest BCUT2D eigenvalue weighted by atomic mass is 10.2. The van der Waals surface area contributed by atoms with E-state index in [1.807, 2.05) is 12.1 Å². The van der Waals surface area contributed by atoms with Crippen molar-refractivity contribution in [2.45, 2.75) is 5.66 Å². The van der Waals surface area contributed by atoms with Crippen molar-refractivity contribution in [3.05, 3.63) is 35.0 Å². The van der Waals surface area contributed by atoms with E-state index in [-0.39, 0.29) is 0 Å². The Morgan fingerprint density at radius 1 is 1.23 bits per heavy atom. The number of alkyl halides is 1. The first-order chi connectivity index (χ1) is 6.29. The van der Waals surface area contributed by atoms with Crippen LogP contribution >= 0.6 is 0 Å². The highest BCUT2D eigenvalue weighted by Gasteiger charge is 2.30. The van der Waals surface area contributed by atoms with Crippen molar-refractivity contribution >= 4 is 0 Å². The fourth-order valence-corrected chi connectivity index (χ4v) is 1.30. The Morgan fingerprint density at radius 2 is 1.77 bits per heavy atom. The van der Waals surface area contributed by atoms with E-state index in [2.05, 4.69) is 9.98 Å². The van der Waals surface area contributed by atoms with E-state index in [9.17, 15) is 4.39 Å². The number of rotatable bonds is 2. The molecule has 1 aliphatic heterocycles. The summed E-state index contributed by atoms with van der Waals surface area (Å²) in [6.45, 7) is -1.16. The Hall–Kier alpha value is -1.29. The highest BCUT2D eigenvalue weighted by molar-refractivity contribution is 5.07. The largest absolute Gasteiger partial charge is 0.392 e. The summed E-state index contributed by atoms with van der Waals surface area (Å²) in [6.07, 6.45) is 0. The molecule has 1 N–H and O–H groups in total. The quantitative estimate of drug-likeness (QED) is 0.661. The van der Waals surface area contributed by atoms with Crippen LogP contribution in [0.15, 0.2) is 34.3 Å². The van der Waals surface area contributed by atoms with Gasteiger partial charge in [-0.15, -0.1) is 0 Å². The van der Waals surface area contributed by atoms with Crippen LogP contribution < -0.4 is 10.7 Å². The average molecular weight is 180 g/mol. The summed E-state index contributed by atoms with van der Waals surface area (Å²) < 4.78 is 12.6. The number of benzene rings is 1. The van der Waals surface area contributed by atoms with Crippen LogP contribution in [0.1, 0.15) is 0 Å². The molecule has 0 unspecified atom stereocenters. The first-order valence-electron chi connectivity index (χ1n) is 4.01. The van der Waals surface area contributed by atoms with Crippen LogP contribution in [0.4, 0.5) is 4.39 Å². The molecule has 0 fully saturated rings. The van der Waals surface area contributed by atoms with Crippen LogP contribution in [0.5, 0.6) is 0 Å². The molecule has 0 aliphatic carbocycles. The second kappa shape index (κ2) is 2.88. The molecule has 1 aromatic carbocycles. The molecule has 1 aromatic rings. The van der Waals surface area contributed by atoms with Crippen LogP contribution in [-0.2, 0) is 0 Å². The molecule has 0 amide bonds. The van der Waals surface area contributed by atoms with Gasteiger partial charge in [0.2, 0.25) is 5.66 Å². The minimum Gasteiger partial charge on any atom is -0.392 e. The van der Waals surface area contributed by atoms with Crippen LogP contribution in [-0.4, -0.2) is 24.1 Å². The van der Waals surface area contributed by atoms with Crippen molar-refractivity contribution in [3.8, 4) is 0 Å². The maximum Gasteiger partial charge on any atom is 0.202 e. The van der Waals surface area contributed by atoms with Gasteiger partial charge in [0.1, 0.15) is 6.67 Å². The van der Waals surface area contributed by atoms with Gasteiger partial charge in [-0.3, -0.25) is 0 Å². The lowest BCUT2D eigenvalue weighted by molar-refractivity contribution is 0.172. The molecule has 13 heavy (non-hydrogen) atoms. The molecular formula is C9H9FN2O. The minimum absolute atomic E-state index is 0.391. The smallest absolute Gasteiger partial charge is 0.202 e. The summed E-state index contributed by atoms with van der Waals surface area (Å²) in [6, 6.07) is 7.13. The predicted molar refractivity (Wildman–Crippen MR) is 44.5 cm³/mol. The summed E-state index contributed by atoms with van der Waals surface area (Å²) in [7, 11) is 0. The van der Waals surface area contributed by atoms with Crippen molar-refractivity contribution in [2.24, 2.45) is 9.98 Å². The highest BCUT2D eigenvalue weighted by atomic mass is 19.1. The maximum atomic E-state index is 12.6. The van der Waals surface area contributed by atoms with E-state index in [1.54, 1.807) is 12.1 Å². The molecule has 2 rings (SSSR count). The number of aliphatic hydroxyl groups excluding tert-OH is 1. The van der Waals surface area contributed by atoms with E-state index in [1.165, 1.54) is 0 Å². The van der Waals surface area contributed by atoms with Gasteiger partial charge >= 0.3 is 0 Å². The zero-order valence-corrected chi connectivity index (χ0v) is 6.94. The molecular weight excluding hydrogens is 171 g/mol. The van der Waals surface area contributed by atoms with Gasteiger partial charge in [-0.05, 0) is 12.1 Å². The minimum atomic E-state index is -1.27. The molecule has 1 aliphatic rings. The zero-order valence-electron chi connectivity index (χ0n) is 6.94. The molecule has 0 bridgehead atoms. The van der Waals surface area contributed by atoms with Gasteiger partial charge in [-0.1, -0.05) is 12.1 Å². The predicted octanol–water partition coefficient (Wildman–Crippen LogP) is -0.403. The number of halogens is 1. The summed E-state index contributed by atoms with van der Waals surface area (Å²) in [5.41, 5.74) is -1.27. The van der Waals surface area contributed by atoms with Gasteiger partial charge in [0.05, 0.1) is 17.3 Å². The molecule has 3 nitrogen and oxygen atoms in total. The fraction of sp³-hybridized carbons (Fsp3) is 0.333. The molecule has 1 heterocycles. The SMILES string of the molecule is OCC1(CF)N=c2ccccc2=N1. The molecule has 0 radical (unpaired) electrons. The summed E-state index contributed by atoms with van der Waals surface area (Å²) in [4.78, 5) is 8.06. The standard InChI is InChI=1S/C9H9FN2O/c10-5-9(6-13)11-7-3-1-2-4-8(7)12-9/h1-4,13H,5-6H2. The van der Waals surface area contributed by atoms with Gasteiger partial charge in [-0.25, -0.2) is 14.4 Å². The maximum absolute atomic E-state index is 12.6. The number of hydrogen-bond acceptors (Lipinski definition) is 3.